The number of unbranched alkanes of at least 4 members (excludes halogenated alkanes) is 3. The largest absolute Gasteiger partial charge is 0.494 e. The van der Waals surface area contributed by atoms with Gasteiger partial charge in [0.2, 0.25) is 0 Å². The Morgan fingerprint density at radius 2 is 1.55 bits per heavy atom. The molecule has 0 unspecified atom stereocenters. The summed E-state index contributed by atoms with van der Waals surface area (Å²) in [7, 11) is 0. The molecule has 0 saturated carbocycles. The first-order valence-electron chi connectivity index (χ1n) is 8.75. The molecule has 3 nitrogen and oxygen atoms in total. The Bertz CT molecular complexity index is 408. The van der Waals surface area contributed by atoms with Crippen molar-refractivity contribution in [2.45, 2.75) is 59.3 Å². The van der Waals surface area contributed by atoms with E-state index in [0.717, 1.165) is 50.3 Å². The zero-order valence-electron chi connectivity index (χ0n) is 14.4. The molecule has 0 aliphatic heterocycles. The average molecular weight is 305 g/mol. The predicted molar refractivity (Wildman–Crippen MR) is 92.6 cm³/mol. The summed E-state index contributed by atoms with van der Waals surface area (Å²) in [6, 6.07) is 7.57. The molecule has 3 heteroatoms. The summed E-state index contributed by atoms with van der Waals surface area (Å²) in [6.07, 6.45) is 6.80. The number of rotatable bonds is 11. The van der Waals surface area contributed by atoms with Crippen molar-refractivity contribution in [2.24, 2.45) is 0 Å². The number of amides is 1. The van der Waals surface area contributed by atoms with Crippen LogP contribution < -0.4 is 4.74 Å². The molecule has 124 valence electrons. The quantitative estimate of drug-likeness (QED) is 0.544. The molecule has 1 aromatic rings. The molecule has 0 fully saturated rings. The van der Waals surface area contributed by atoms with Crippen LogP contribution in [0.3, 0.4) is 0 Å². The van der Waals surface area contributed by atoms with E-state index in [0.29, 0.717) is 0 Å². The smallest absolute Gasteiger partial charge is 0.253 e. The van der Waals surface area contributed by atoms with E-state index in [-0.39, 0.29) is 5.91 Å². The van der Waals surface area contributed by atoms with Crippen LogP contribution in [-0.4, -0.2) is 30.5 Å². The number of carbonyl (C=O) groups is 1. The van der Waals surface area contributed by atoms with Gasteiger partial charge in [0.1, 0.15) is 5.75 Å². The molecule has 22 heavy (non-hydrogen) atoms. The lowest BCUT2D eigenvalue weighted by molar-refractivity contribution is 0.0755. The van der Waals surface area contributed by atoms with Gasteiger partial charge in [-0.05, 0) is 43.5 Å². The second-order valence-corrected chi connectivity index (χ2v) is 5.73. The van der Waals surface area contributed by atoms with Crippen molar-refractivity contribution in [2.75, 3.05) is 19.7 Å². The van der Waals surface area contributed by atoms with Crippen molar-refractivity contribution >= 4 is 5.91 Å². The Morgan fingerprint density at radius 3 is 2.09 bits per heavy atom. The molecule has 0 aliphatic carbocycles. The van der Waals surface area contributed by atoms with Crippen LogP contribution in [-0.2, 0) is 0 Å². The number of hydrogen-bond donors (Lipinski definition) is 0. The summed E-state index contributed by atoms with van der Waals surface area (Å²) in [5.41, 5.74) is 0.750. The van der Waals surface area contributed by atoms with Crippen molar-refractivity contribution in [3.8, 4) is 5.75 Å². The minimum Gasteiger partial charge on any atom is -0.494 e. The highest BCUT2D eigenvalue weighted by Gasteiger charge is 2.13. The van der Waals surface area contributed by atoms with E-state index < -0.39 is 0 Å². The lowest BCUT2D eigenvalue weighted by Crippen LogP contribution is -2.32. The second kappa shape index (κ2) is 11.1. The molecule has 1 rings (SSSR count). The fourth-order valence-electron chi connectivity index (χ4n) is 2.45. The number of hydrogen-bond acceptors (Lipinski definition) is 2. The number of ether oxygens (including phenoxy) is 1. The van der Waals surface area contributed by atoms with Crippen LogP contribution in [0.4, 0.5) is 0 Å². The Hall–Kier alpha value is -1.51. The van der Waals surface area contributed by atoms with Crippen LogP contribution in [0, 0.1) is 0 Å². The topological polar surface area (TPSA) is 29.5 Å². The van der Waals surface area contributed by atoms with Crippen molar-refractivity contribution in [1.82, 2.24) is 4.90 Å². The van der Waals surface area contributed by atoms with Crippen molar-refractivity contribution in [3.05, 3.63) is 29.8 Å². The van der Waals surface area contributed by atoms with Gasteiger partial charge in [-0.15, -0.1) is 0 Å². The standard InChI is InChI=1S/C19H31NO2/c1-4-7-8-9-16-22-18-12-10-17(11-13-18)19(21)20(14-5-2)15-6-3/h10-13H,4-9,14-16H2,1-3H3. The Morgan fingerprint density at radius 1 is 0.909 bits per heavy atom. The summed E-state index contributed by atoms with van der Waals surface area (Å²) in [5.74, 6) is 0.976. The van der Waals surface area contributed by atoms with Crippen LogP contribution in [0.5, 0.6) is 5.75 Å². The molecule has 0 radical (unpaired) electrons. The van der Waals surface area contributed by atoms with Crippen LogP contribution in [0.1, 0.15) is 69.7 Å². The first-order chi connectivity index (χ1) is 10.7. The van der Waals surface area contributed by atoms with E-state index in [4.69, 9.17) is 4.74 Å². The van der Waals surface area contributed by atoms with Gasteiger partial charge in [0.25, 0.3) is 5.91 Å². The van der Waals surface area contributed by atoms with Crippen LogP contribution in [0.25, 0.3) is 0 Å². The van der Waals surface area contributed by atoms with E-state index in [1.807, 2.05) is 29.2 Å². The minimum absolute atomic E-state index is 0.123. The van der Waals surface area contributed by atoms with E-state index in [1.54, 1.807) is 0 Å². The van der Waals surface area contributed by atoms with Crippen molar-refractivity contribution in [3.63, 3.8) is 0 Å². The summed E-state index contributed by atoms with van der Waals surface area (Å²) in [5, 5.41) is 0. The monoisotopic (exact) mass is 305 g/mol. The van der Waals surface area contributed by atoms with Crippen LogP contribution in [0.2, 0.25) is 0 Å². The second-order valence-electron chi connectivity index (χ2n) is 5.73. The van der Waals surface area contributed by atoms with Crippen molar-refractivity contribution in [1.29, 1.82) is 0 Å². The Labute approximate surface area is 135 Å². The van der Waals surface area contributed by atoms with Crippen LogP contribution in [0.15, 0.2) is 24.3 Å². The molecule has 0 heterocycles. The average Bonchev–Trinajstić information content (AvgIpc) is 2.54. The van der Waals surface area contributed by atoms with Gasteiger partial charge in [-0.1, -0.05) is 40.0 Å². The molecule has 0 saturated heterocycles. The fourth-order valence-corrected chi connectivity index (χ4v) is 2.45. The van der Waals surface area contributed by atoms with Gasteiger partial charge in [0.15, 0.2) is 0 Å². The maximum absolute atomic E-state index is 12.5. The third kappa shape index (κ3) is 6.50. The third-order valence-electron chi connectivity index (χ3n) is 3.64. The highest BCUT2D eigenvalue weighted by Crippen LogP contribution is 2.15. The first-order valence-corrected chi connectivity index (χ1v) is 8.75. The van der Waals surface area contributed by atoms with Gasteiger partial charge in [-0.25, -0.2) is 0 Å². The molecule has 0 aromatic heterocycles. The number of nitrogens with zero attached hydrogens (tertiary/aromatic N) is 1. The van der Waals surface area contributed by atoms with Gasteiger partial charge in [-0.2, -0.15) is 0 Å². The molecule has 0 bridgehead atoms. The fraction of sp³-hybridized carbons (Fsp3) is 0.632. The highest BCUT2D eigenvalue weighted by atomic mass is 16.5. The summed E-state index contributed by atoms with van der Waals surface area (Å²) in [4.78, 5) is 14.4. The molecule has 0 atom stereocenters. The van der Waals surface area contributed by atoms with Crippen LogP contribution >= 0.6 is 0 Å². The van der Waals surface area contributed by atoms with Gasteiger partial charge in [0, 0.05) is 18.7 Å². The maximum atomic E-state index is 12.5. The first kappa shape index (κ1) is 18.5. The minimum atomic E-state index is 0.123. The number of benzene rings is 1. The van der Waals surface area contributed by atoms with Gasteiger partial charge < -0.3 is 9.64 Å². The predicted octanol–water partition coefficient (Wildman–Crippen LogP) is 4.91. The lowest BCUT2D eigenvalue weighted by Gasteiger charge is -2.21. The number of carbonyl (C=O) groups excluding carboxylic acids is 1. The van der Waals surface area contributed by atoms with E-state index in [2.05, 4.69) is 20.8 Å². The van der Waals surface area contributed by atoms with E-state index in [1.165, 1.54) is 19.3 Å². The molecular weight excluding hydrogens is 274 g/mol. The third-order valence-corrected chi connectivity index (χ3v) is 3.64. The summed E-state index contributed by atoms with van der Waals surface area (Å²) >= 11 is 0. The van der Waals surface area contributed by atoms with Gasteiger partial charge in [0.05, 0.1) is 6.61 Å². The molecule has 1 amide bonds. The van der Waals surface area contributed by atoms with Gasteiger partial charge >= 0.3 is 0 Å². The Balaban J connectivity index is 2.50. The summed E-state index contributed by atoms with van der Waals surface area (Å²) < 4.78 is 5.72. The zero-order valence-corrected chi connectivity index (χ0v) is 14.4. The molecule has 0 aliphatic rings. The van der Waals surface area contributed by atoms with Crippen molar-refractivity contribution < 1.29 is 9.53 Å². The normalized spacial score (nSPS) is 10.5. The molecule has 0 N–H and O–H groups in total. The molecular formula is C19H31NO2. The van der Waals surface area contributed by atoms with E-state index >= 15 is 0 Å². The summed E-state index contributed by atoms with van der Waals surface area (Å²) in [6.45, 7) is 8.81. The van der Waals surface area contributed by atoms with Gasteiger partial charge in [-0.3, -0.25) is 4.79 Å². The molecule has 0 spiro atoms. The lowest BCUT2D eigenvalue weighted by atomic mass is 10.1. The Kier molecular flexibility index (Phi) is 9.36. The van der Waals surface area contributed by atoms with E-state index in [9.17, 15) is 4.79 Å². The zero-order chi connectivity index (χ0) is 16.2. The molecule has 1 aromatic carbocycles. The SMILES string of the molecule is CCCCCCOc1ccc(C(=O)N(CCC)CCC)cc1. The maximum Gasteiger partial charge on any atom is 0.253 e. The highest BCUT2D eigenvalue weighted by molar-refractivity contribution is 5.94.